The summed E-state index contributed by atoms with van der Waals surface area (Å²) >= 11 is 0. The van der Waals surface area contributed by atoms with Crippen LogP contribution in [0.15, 0.2) is 18.2 Å². The fourth-order valence-electron chi connectivity index (χ4n) is 2.05. The van der Waals surface area contributed by atoms with Crippen molar-refractivity contribution in [3.8, 4) is 0 Å². The lowest BCUT2D eigenvalue weighted by molar-refractivity contribution is 1.15. The molecule has 0 aliphatic heterocycles. The van der Waals surface area contributed by atoms with E-state index in [-0.39, 0.29) is 0 Å². The lowest BCUT2D eigenvalue weighted by Gasteiger charge is -2.25. The molecule has 16 heavy (non-hydrogen) atoms. The van der Waals surface area contributed by atoms with E-state index in [4.69, 9.17) is 0 Å². The van der Waals surface area contributed by atoms with Crippen molar-refractivity contribution in [1.29, 1.82) is 0 Å². The highest BCUT2D eigenvalue weighted by atomic mass is 28.3. The van der Waals surface area contributed by atoms with Crippen molar-refractivity contribution in [3.05, 3.63) is 23.8 Å². The van der Waals surface area contributed by atoms with Gasteiger partial charge in [-0.15, -0.1) is 0 Å². The van der Waals surface area contributed by atoms with Gasteiger partial charge in [-0.3, -0.25) is 0 Å². The van der Waals surface area contributed by atoms with Gasteiger partial charge in [0.2, 0.25) is 0 Å². The van der Waals surface area contributed by atoms with Gasteiger partial charge in [0.25, 0.3) is 0 Å². The highest BCUT2D eigenvalue weighted by molar-refractivity contribution is 6.91. The third-order valence-corrected chi connectivity index (χ3v) is 7.29. The molecule has 0 heterocycles. The average Bonchev–Trinajstić information content (AvgIpc) is 2.14. The monoisotopic (exact) mass is 250 g/mol. The minimum absolute atomic E-state index is 1.16. The molecule has 2 heteroatoms. The Morgan fingerprint density at radius 1 is 0.875 bits per heavy atom. The molecular formula is C14H26Si2. The van der Waals surface area contributed by atoms with E-state index < -0.39 is 16.1 Å². The zero-order valence-corrected chi connectivity index (χ0v) is 13.9. The van der Waals surface area contributed by atoms with Crippen LogP contribution >= 0.6 is 0 Å². The summed E-state index contributed by atoms with van der Waals surface area (Å²) in [5, 5.41) is 3.29. The Kier molecular flexibility index (Phi) is 3.85. The third-order valence-electron chi connectivity index (χ3n) is 3.16. The highest BCUT2D eigenvalue weighted by Gasteiger charge is 2.23. The van der Waals surface area contributed by atoms with Crippen LogP contribution in [-0.2, 0) is 6.42 Å². The van der Waals surface area contributed by atoms with Crippen molar-refractivity contribution in [2.75, 3.05) is 0 Å². The highest BCUT2D eigenvalue weighted by Crippen LogP contribution is 2.10. The first-order valence-corrected chi connectivity index (χ1v) is 13.3. The molecule has 0 aliphatic carbocycles. The van der Waals surface area contributed by atoms with E-state index >= 15 is 0 Å². The van der Waals surface area contributed by atoms with E-state index in [1.54, 1.807) is 15.9 Å². The van der Waals surface area contributed by atoms with Crippen molar-refractivity contribution >= 4 is 26.5 Å². The second kappa shape index (κ2) is 4.49. The minimum atomic E-state index is -1.19. The smallest absolute Gasteiger partial charge is 0.0656 e. The van der Waals surface area contributed by atoms with Crippen molar-refractivity contribution < 1.29 is 0 Å². The molecule has 1 aromatic rings. The van der Waals surface area contributed by atoms with E-state index in [0.29, 0.717) is 0 Å². The molecule has 0 aliphatic rings. The van der Waals surface area contributed by atoms with E-state index in [1.807, 2.05) is 0 Å². The van der Waals surface area contributed by atoms with E-state index in [0.717, 1.165) is 0 Å². The Hall–Kier alpha value is -0.346. The van der Waals surface area contributed by atoms with Crippen LogP contribution < -0.4 is 10.4 Å². The number of aryl methyl sites for hydroxylation is 1. The van der Waals surface area contributed by atoms with Gasteiger partial charge in [-0.1, -0.05) is 74.8 Å². The van der Waals surface area contributed by atoms with Crippen LogP contribution in [0.4, 0.5) is 0 Å². The van der Waals surface area contributed by atoms with E-state index in [1.165, 1.54) is 6.42 Å². The molecule has 0 saturated heterocycles. The van der Waals surface area contributed by atoms with Gasteiger partial charge in [0, 0.05) is 0 Å². The Morgan fingerprint density at radius 2 is 1.44 bits per heavy atom. The summed E-state index contributed by atoms with van der Waals surface area (Å²) in [7, 11) is -2.34. The van der Waals surface area contributed by atoms with Crippen LogP contribution in [0.5, 0.6) is 0 Å². The molecule has 0 fully saturated rings. The van der Waals surface area contributed by atoms with Gasteiger partial charge in [-0.2, -0.15) is 0 Å². The fraction of sp³-hybridized carbons (Fsp3) is 0.571. The average molecular weight is 251 g/mol. The molecule has 1 aromatic carbocycles. The van der Waals surface area contributed by atoms with Crippen LogP contribution in [-0.4, -0.2) is 16.1 Å². The summed E-state index contributed by atoms with van der Waals surface area (Å²) in [5.41, 5.74) is 1.57. The lowest BCUT2D eigenvalue weighted by atomic mass is 10.2. The summed E-state index contributed by atoms with van der Waals surface area (Å²) < 4.78 is 0. The van der Waals surface area contributed by atoms with Gasteiger partial charge < -0.3 is 0 Å². The summed E-state index contributed by atoms with van der Waals surface area (Å²) in [6.45, 7) is 16.9. The fourth-order valence-corrected chi connectivity index (χ4v) is 5.17. The second-order valence-corrected chi connectivity index (χ2v) is 16.8. The minimum Gasteiger partial charge on any atom is -0.0656 e. The van der Waals surface area contributed by atoms with Crippen LogP contribution in [0, 0.1) is 0 Å². The maximum absolute atomic E-state index is 2.53. The number of hydrogen-bond acceptors (Lipinski definition) is 0. The lowest BCUT2D eigenvalue weighted by Crippen LogP contribution is -2.46. The summed E-state index contributed by atoms with van der Waals surface area (Å²) in [6, 6.07) is 7.27. The molecule has 0 atom stereocenters. The van der Waals surface area contributed by atoms with Crippen LogP contribution in [0.25, 0.3) is 0 Å². The molecular weight excluding hydrogens is 224 g/mol. The largest absolute Gasteiger partial charge is 0.0779 e. The van der Waals surface area contributed by atoms with Crippen LogP contribution in [0.3, 0.4) is 0 Å². The molecule has 0 bridgehead atoms. The molecule has 0 aromatic heterocycles. The Balaban J connectivity index is 3.34. The maximum Gasteiger partial charge on any atom is 0.0779 e. The van der Waals surface area contributed by atoms with Crippen molar-refractivity contribution in [2.24, 2.45) is 0 Å². The number of rotatable bonds is 3. The molecule has 0 amide bonds. The van der Waals surface area contributed by atoms with Gasteiger partial charge in [0.15, 0.2) is 0 Å². The summed E-state index contributed by atoms with van der Waals surface area (Å²) in [5.74, 6) is 0. The first-order valence-electron chi connectivity index (χ1n) is 6.30. The molecule has 0 spiro atoms. The number of hydrogen-bond donors (Lipinski definition) is 0. The molecule has 0 saturated carbocycles. The van der Waals surface area contributed by atoms with Gasteiger partial charge in [0.1, 0.15) is 0 Å². The predicted molar refractivity (Wildman–Crippen MR) is 81.8 cm³/mol. The maximum atomic E-state index is 2.53. The molecule has 0 unspecified atom stereocenters. The standard InChI is InChI=1S/C14H26Si2/c1-8-12-9-10-13(15(2,3)4)11-14(12)16(5,6)7/h9-11H,8H2,1-7H3. The second-order valence-electron chi connectivity index (χ2n) is 6.73. The van der Waals surface area contributed by atoms with Crippen molar-refractivity contribution in [2.45, 2.75) is 52.6 Å². The summed E-state index contributed by atoms with van der Waals surface area (Å²) in [4.78, 5) is 0. The van der Waals surface area contributed by atoms with Gasteiger partial charge in [0.05, 0.1) is 16.1 Å². The van der Waals surface area contributed by atoms with Crippen LogP contribution in [0.2, 0.25) is 39.3 Å². The zero-order chi connectivity index (χ0) is 12.6. The van der Waals surface area contributed by atoms with Crippen LogP contribution in [0.1, 0.15) is 12.5 Å². The Bertz CT molecular complexity index is 367. The third kappa shape index (κ3) is 3.08. The Morgan fingerprint density at radius 3 is 1.81 bits per heavy atom. The topological polar surface area (TPSA) is 0 Å². The molecule has 0 nitrogen and oxygen atoms in total. The number of benzene rings is 1. The normalized spacial score (nSPS) is 12.9. The molecule has 90 valence electrons. The Labute approximate surface area is 103 Å². The van der Waals surface area contributed by atoms with Crippen molar-refractivity contribution in [1.82, 2.24) is 0 Å². The van der Waals surface area contributed by atoms with Gasteiger partial charge in [-0.05, 0) is 12.0 Å². The van der Waals surface area contributed by atoms with Gasteiger partial charge in [-0.25, -0.2) is 0 Å². The predicted octanol–water partition coefficient (Wildman–Crippen LogP) is 3.34. The first kappa shape index (κ1) is 13.7. The summed E-state index contributed by atoms with van der Waals surface area (Å²) in [6.07, 6.45) is 1.17. The molecule has 0 N–H and O–H groups in total. The van der Waals surface area contributed by atoms with Crippen molar-refractivity contribution in [3.63, 3.8) is 0 Å². The zero-order valence-electron chi connectivity index (χ0n) is 11.9. The van der Waals surface area contributed by atoms with Gasteiger partial charge >= 0.3 is 0 Å². The quantitative estimate of drug-likeness (QED) is 0.722. The first-order chi connectivity index (χ1) is 7.16. The van der Waals surface area contributed by atoms with E-state index in [9.17, 15) is 0 Å². The molecule has 0 radical (unpaired) electrons. The molecule has 1 rings (SSSR count). The SMILES string of the molecule is CCc1ccc([Si](C)(C)C)cc1[Si](C)(C)C. The van der Waals surface area contributed by atoms with E-state index in [2.05, 4.69) is 64.4 Å².